The number of halogens is 1. The maximum absolute atomic E-state index is 5.98. The van der Waals surface area contributed by atoms with Gasteiger partial charge in [-0.25, -0.2) is 0 Å². The molecule has 24 heavy (non-hydrogen) atoms. The van der Waals surface area contributed by atoms with Crippen LogP contribution in [0.25, 0.3) is 10.8 Å². The number of oxime groups is 1. The Morgan fingerprint density at radius 3 is 2.54 bits per heavy atom. The van der Waals surface area contributed by atoms with Crippen molar-refractivity contribution in [3.8, 4) is 0 Å². The highest BCUT2D eigenvalue weighted by Crippen LogP contribution is 2.53. The molecule has 0 radical (unpaired) electrons. The molecular formula is C19H14ClNOS2. The van der Waals surface area contributed by atoms with E-state index in [9.17, 15) is 0 Å². The molecular weight excluding hydrogens is 358 g/mol. The molecule has 1 aliphatic heterocycles. The molecule has 0 unspecified atom stereocenters. The third-order valence-corrected chi connectivity index (χ3v) is 6.86. The number of thioether (sulfide) groups is 2. The summed E-state index contributed by atoms with van der Waals surface area (Å²) in [6, 6.07) is 22.3. The molecule has 0 aliphatic carbocycles. The van der Waals surface area contributed by atoms with Crippen molar-refractivity contribution in [3.63, 3.8) is 0 Å². The fourth-order valence-corrected chi connectivity index (χ4v) is 4.91. The number of hydrogen-bond donors (Lipinski definition) is 0. The number of benzene rings is 3. The molecule has 5 heteroatoms. The van der Waals surface area contributed by atoms with E-state index in [0.29, 0.717) is 5.02 Å². The zero-order valence-corrected chi connectivity index (χ0v) is 15.3. The van der Waals surface area contributed by atoms with Gasteiger partial charge >= 0.3 is 0 Å². The summed E-state index contributed by atoms with van der Waals surface area (Å²) in [7, 11) is 0. The number of nitrogens with zero attached hydrogens (tertiary/aromatic N) is 1. The Morgan fingerprint density at radius 2 is 1.75 bits per heavy atom. The summed E-state index contributed by atoms with van der Waals surface area (Å²) in [5.74, 6) is 0. The Labute approximate surface area is 154 Å². The first-order chi connectivity index (χ1) is 11.7. The zero-order valence-electron chi connectivity index (χ0n) is 12.9. The van der Waals surface area contributed by atoms with Crippen LogP contribution in [-0.4, -0.2) is 11.3 Å². The van der Waals surface area contributed by atoms with Gasteiger partial charge in [0.25, 0.3) is 4.27 Å². The van der Waals surface area contributed by atoms with Gasteiger partial charge in [0.2, 0.25) is 0 Å². The third-order valence-electron chi connectivity index (χ3n) is 3.96. The van der Waals surface area contributed by atoms with E-state index in [1.54, 1.807) is 23.5 Å². The first kappa shape index (κ1) is 15.9. The van der Waals surface area contributed by atoms with Crippen molar-refractivity contribution in [2.45, 2.75) is 4.27 Å². The van der Waals surface area contributed by atoms with Gasteiger partial charge in [0.1, 0.15) is 5.04 Å². The summed E-state index contributed by atoms with van der Waals surface area (Å²) in [4.78, 5) is 5.96. The van der Waals surface area contributed by atoms with Gasteiger partial charge in [-0.1, -0.05) is 83.1 Å². The van der Waals surface area contributed by atoms with E-state index in [4.69, 9.17) is 16.4 Å². The highest BCUT2D eigenvalue weighted by molar-refractivity contribution is 8.25. The van der Waals surface area contributed by atoms with Crippen molar-refractivity contribution in [2.24, 2.45) is 5.16 Å². The average molecular weight is 372 g/mol. The monoisotopic (exact) mass is 371 g/mol. The van der Waals surface area contributed by atoms with Crippen LogP contribution < -0.4 is 0 Å². The molecule has 120 valence electrons. The smallest absolute Gasteiger partial charge is 0.260 e. The van der Waals surface area contributed by atoms with E-state index >= 15 is 0 Å². The molecule has 1 aliphatic rings. The molecule has 0 N–H and O–H groups in total. The SMILES string of the molecule is CS[C@@]1(c2cccc3ccccc23)ON=C(c2ccc(Cl)cc2)S1. The molecule has 3 aromatic carbocycles. The molecule has 2 nitrogen and oxygen atoms in total. The second-order valence-electron chi connectivity index (χ2n) is 5.38. The molecule has 0 fully saturated rings. The fourth-order valence-electron chi connectivity index (χ4n) is 2.76. The van der Waals surface area contributed by atoms with Gasteiger partial charge < -0.3 is 4.84 Å². The lowest BCUT2D eigenvalue weighted by Gasteiger charge is -2.25. The number of rotatable bonds is 3. The molecule has 3 aromatic rings. The maximum Gasteiger partial charge on any atom is 0.260 e. The number of hydrogen-bond acceptors (Lipinski definition) is 4. The molecule has 1 atom stereocenters. The molecule has 4 rings (SSSR count). The molecule has 0 amide bonds. The van der Waals surface area contributed by atoms with E-state index in [0.717, 1.165) is 16.2 Å². The lowest BCUT2D eigenvalue weighted by atomic mass is 10.1. The van der Waals surface area contributed by atoms with E-state index in [2.05, 4.69) is 53.9 Å². The van der Waals surface area contributed by atoms with Crippen LogP contribution in [0.15, 0.2) is 71.9 Å². The lowest BCUT2D eigenvalue weighted by Crippen LogP contribution is -2.17. The van der Waals surface area contributed by atoms with E-state index < -0.39 is 4.27 Å². The molecule has 0 aromatic heterocycles. The molecule has 0 bridgehead atoms. The second kappa shape index (κ2) is 6.36. The summed E-state index contributed by atoms with van der Waals surface area (Å²) in [5.41, 5.74) is 2.14. The van der Waals surface area contributed by atoms with Crippen LogP contribution in [0.1, 0.15) is 11.1 Å². The first-order valence-corrected chi connectivity index (χ1v) is 9.88. The maximum atomic E-state index is 5.98. The Kier molecular flexibility index (Phi) is 4.21. The van der Waals surface area contributed by atoms with Crippen molar-refractivity contribution in [1.82, 2.24) is 0 Å². The Morgan fingerprint density at radius 1 is 1.00 bits per heavy atom. The van der Waals surface area contributed by atoms with Gasteiger partial charge in [-0.15, -0.1) is 0 Å². The lowest BCUT2D eigenvalue weighted by molar-refractivity contribution is 0.106. The van der Waals surface area contributed by atoms with Gasteiger partial charge in [0.15, 0.2) is 0 Å². The van der Waals surface area contributed by atoms with Crippen LogP contribution in [0.3, 0.4) is 0 Å². The van der Waals surface area contributed by atoms with Crippen LogP contribution >= 0.6 is 35.1 Å². The normalized spacial score (nSPS) is 20.0. The largest absolute Gasteiger partial charge is 0.360 e. The zero-order chi connectivity index (χ0) is 16.6. The minimum absolute atomic E-state index is 0.574. The van der Waals surface area contributed by atoms with E-state index in [-0.39, 0.29) is 0 Å². The highest BCUT2D eigenvalue weighted by atomic mass is 35.5. The summed E-state index contributed by atoms with van der Waals surface area (Å²) >= 11 is 9.26. The first-order valence-electron chi connectivity index (χ1n) is 7.46. The molecule has 0 saturated carbocycles. The number of fused-ring (bicyclic) bond motifs is 1. The summed E-state index contributed by atoms with van der Waals surface area (Å²) < 4.78 is -0.574. The van der Waals surface area contributed by atoms with E-state index in [1.807, 2.05) is 24.3 Å². The van der Waals surface area contributed by atoms with Crippen molar-refractivity contribution in [1.29, 1.82) is 0 Å². The van der Waals surface area contributed by atoms with Gasteiger partial charge in [-0.2, -0.15) is 0 Å². The fraction of sp³-hybridized carbons (Fsp3) is 0.105. The summed E-state index contributed by atoms with van der Waals surface area (Å²) in [6.45, 7) is 0. The topological polar surface area (TPSA) is 21.6 Å². The van der Waals surface area contributed by atoms with Crippen molar-refractivity contribution in [2.75, 3.05) is 6.26 Å². The molecule has 1 heterocycles. The molecule has 0 saturated heterocycles. The van der Waals surface area contributed by atoms with Crippen LogP contribution in [0.4, 0.5) is 0 Å². The van der Waals surface area contributed by atoms with Gasteiger partial charge in [0, 0.05) is 16.1 Å². The minimum atomic E-state index is -0.574. The van der Waals surface area contributed by atoms with Gasteiger partial charge in [-0.3, -0.25) is 0 Å². The van der Waals surface area contributed by atoms with Crippen LogP contribution in [0.2, 0.25) is 5.02 Å². The van der Waals surface area contributed by atoms with Crippen molar-refractivity contribution >= 4 is 50.9 Å². The minimum Gasteiger partial charge on any atom is -0.360 e. The van der Waals surface area contributed by atoms with Crippen molar-refractivity contribution < 1.29 is 4.84 Å². The average Bonchev–Trinajstić information content (AvgIpc) is 3.07. The quantitative estimate of drug-likeness (QED) is 0.555. The predicted molar refractivity (Wildman–Crippen MR) is 106 cm³/mol. The molecule has 0 spiro atoms. The van der Waals surface area contributed by atoms with Gasteiger partial charge in [-0.05, 0) is 40.9 Å². The highest BCUT2D eigenvalue weighted by Gasteiger charge is 2.43. The predicted octanol–water partition coefficient (Wildman–Crippen LogP) is 6.09. The standard InChI is InChI=1S/C19H14ClNOS2/c1-23-19(17-8-4-6-13-5-2-3-7-16(13)17)22-21-18(24-19)14-9-11-15(20)12-10-14/h2-12H,1H3/t19-/m1/s1. The van der Waals surface area contributed by atoms with Gasteiger partial charge in [0.05, 0.1) is 0 Å². The summed E-state index contributed by atoms with van der Waals surface area (Å²) in [6.07, 6.45) is 2.05. The van der Waals surface area contributed by atoms with Crippen LogP contribution in [0.5, 0.6) is 0 Å². The Bertz CT molecular complexity index is 921. The van der Waals surface area contributed by atoms with E-state index in [1.165, 1.54) is 10.8 Å². The second-order valence-corrected chi connectivity index (χ2v) is 8.23. The van der Waals surface area contributed by atoms with Crippen LogP contribution in [-0.2, 0) is 9.10 Å². The Balaban J connectivity index is 1.75. The Hall–Kier alpha value is -1.62. The van der Waals surface area contributed by atoms with Crippen molar-refractivity contribution in [3.05, 3.63) is 82.9 Å². The van der Waals surface area contributed by atoms with Crippen LogP contribution in [0, 0.1) is 0 Å². The summed E-state index contributed by atoms with van der Waals surface area (Å²) in [5, 5.41) is 8.34. The third kappa shape index (κ3) is 2.69.